The first-order valence-electron chi connectivity index (χ1n) is 4.71. The lowest BCUT2D eigenvalue weighted by atomic mass is 10.2. The minimum Gasteiger partial charge on any atom is -0.320 e. The second-order valence-electron chi connectivity index (χ2n) is 3.33. The highest BCUT2D eigenvalue weighted by atomic mass is 35.5. The molecule has 1 aromatic heterocycles. The molecule has 0 saturated carbocycles. The molecule has 5 heteroatoms. The first-order valence-corrected chi connectivity index (χ1v) is 5.09. The third-order valence-corrected chi connectivity index (χ3v) is 2.37. The quantitative estimate of drug-likeness (QED) is 0.869. The van der Waals surface area contributed by atoms with E-state index in [1.165, 1.54) is 0 Å². The van der Waals surface area contributed by atoms with Gasteiger partial charge in [-0.2, -0.15) is 0 Å². The van der Waals surface area contributed by atoms with Crippen molar-refractivity contribution >= 4 is 23.5 Å². The van der Waals surface area contributed by atoms with Gasteiger partial charge in [-0.3, -0.25) is 10.1 Å². The van der Waals surface area contributed by atoms with E-state index in [1.807, 2.05) is 0 Å². The number of amides is 1. The van der Waals surface area contributed by atoms with Crippen molar-refractivity contribution in [2.45, 2.75) is 0 Å². The summed E-state index contributed by atoms with van der Waals surface area (Å²) < 4.78 is 1.72. The zero-order valence-corrected chi connectivity index (χ0v) is 9.40. The summed E-state index contributed by atoms with van der Waals surface area (Å²) in [7, 11) is 1.81. The number of carbonyl (C=O) groups is 1. The molecule has 0 unspecified atom stereocenters. The van der Waals surface area contributed by atoms with Gasteiger partial charge in [-0.05, 0) is 18.2 Å². The van der Waals surface area contributed by atoms with Gasteiger partial charge in [0.2, 0.25) is 5.95 Å². The van der Waals surface area contributed by atoms with Gasteiger partial charge in [0, 0.05) is 30.0 Å². The van der Waals surface area contributed by atoms with Crippen LogP contribution in [0, 0.1) is 0 Å². The zero-order valence-electron chi connectivity index (χ0n) is 8.64. The molecule has 0 aliphatic carbocycles. The third kappa shape index (κ3) is 2.23. The predicted molar refractivity (Wildman–Crippen MR) is 62.6 cm³/mol. The van der Waals surface area contributed by atoms with Crippen molar-refractivity contribution in [3.63, 3.8) is 0 Å². The maximum Gasteiger partial charge on any atom is 0.258 e. The molecule has 0 saturated heterocycles. The fourth-order valence-corrected chi connectivity index (χ4v) is 1.48. The largest absolute Gasteiger partial charge is 0.320 e. The summed E-state index contributed by atoms with van der Waals surface area (Å²) in [5.41, 5.74) is 0.510. The predicted octanol–water partition coefficient (Wildman–Crippen LogP) is 2.33. The fraction of sp³-hybridized carbons (Fsp3) is 0.0909. The maximum absolute atomic E-state index is 11.8. The fourth-order valence-electron chi connectivity index (χ4n) is 1.29. The van der Waals surface area contributed by atoms with E-state index in [-0.39, 0.29) is 5.91 Å². The van der Waals surface area contributed by atoms with E-state index in [9.17, 15) is 4.79 Å². The van der Waals surface area contributed by atoms with Crippen LogP contribution in [0.5, 0.6) is 0 Å². The second-order valence-corrected chi connectivity index (χ2v) is 3.76. The highest BCUT2D eigenvalue weighted by Crippen LogP contribution is 2.12. The van der Waals surface area contributed by atoms with Gasteiger partial charge in [-0.25, -0.2) is 4.98 Å². The van der Waals surface area contributed by atoms with Crippen molar-refractivity contribution in [2.24, 2.45) is 7.05 Å². The van der Waals surface area contributed by atoms with E-state index >= 15 is 0 Å². The van der Waals surface area contributed by atoms with Gasteiger partial charge in [-0.1, -0.05) is 17.7 Å². The summed E-state index contributed by atoms with van der Waals surface area (Å²) in [6, 6.07) is 6.76. The Hall–Kier alpha value is -1.81. The Morgan fingerprint density at radius 3 is 2.94 bits per heavy atom. The molecule has 0 fully saturated rings. The highest BCUT2D eigenvalue weighted by molar-refractivity contribution is 6.31. The Labute approximate surface area is 97.9 Å². The number of rotatable bonds is 2. The van der Waals surface area contributed by atoms with E-state index < -0.39 is 0 Å². The molecule has 16 heavy (non-hydrogen) atoms. The second kappa shape index (κ2) is 4.37. The van der Waals surface area contributed by atoms with Crippen molar-refractivity contribution < 1.29 is 4.79 Å². The van der Waals surface area contributed by atoms with Crippen LogP contribution < -0.4 is 5.32 Å². The molecule has 2 rings (SSSR count). The standard InChI is InChI=1S/C11H10ClN3O/c1-15-6-5-13-11(15)14-10(16)8-3-2-4-9(12)7-8/h2-7H,1H3,(H,13,14,16). The number of aryl methyl sites for hydroxylation is 1. The van der Waals surface area contributed by atoms with Crippen molar-refractivity contribution in [1.82, 2.24) is 9.55 Å². The van der Waals surface area contributed by atoms with Crippen LogP contribution >= 0.6 is 11.6 Å². The van der Waals surface area contributed by atoms with Crippen molar-refractivity contribution in [3.8, 4) is 0 Å². The minimum absolute atomic E-state index is 0.225. The molecular formula is C11H10ClN3O. The van der Waals surface area contributed by atoms with Gasteiger partial charge in [0.1, 0.15) is 0 Å². The number of nitrogens with zero attached hydrogens (tertiary/aromatic N) is 2. The molecule has 0 bridgehead atoms. The molecule has 0 aliphatic heterocycles. The summed E-state index contributed by atoms with van der Waals surface area (Å²) in [5.74, 6) is 0.279. The zero-order chi connectivity index (χ0) is 11.5. The molecule has 0 aliphatic rings. The molecular weight excluding hydrogens is 226 g/mol. The molecule has 82 valence electrons. The Bertz CT molecular complexity index is 521. The van der Waals surface area contributed by atoms with Crippen LogP contribution in [0.15, 0.2) is 36.7 Å². The lowest BCUT2D eigenvalue weighted by Crippen LogP contribution is -2.14. The SMILES string of the molecule is Cn1ccnc1NC(=O)c1cccc(Cl)c1. The molecule has 2 aromatic rings. The number of halogens is 1. The number of imidazole rings is 1. The van der Waals surface area contributed by atoms with Crippen LogP contribution in [0.3, 0.4) is 0 Å². The number of nitrogens with one attached hydrogen (secondary N) is 1. The summed E-state index contributed by atoms with van der Waals surface area (Å²) in [6.45, 7) is 0. The number of hydrogen-bond donors (Lipinski definition) is 1. The van der Waals surface area contributed by atoms with Crippen LogP contribution in [0.25, 0.3) is 0 Å². The van der Waals surface area contributed by atoms with Crippen LogP contribution in [0.2, 0.25) is 5.02 Å². The number of carbonyl (C=O) groups excluding carboxylic acids is 1. The van der Waals surface area contributed by atoms with E-state index in [0.717, 1.165) is 0 Å². The number of anilines is 1. The van der Waals surface area contributed by atoms with Crippen LogP contribution in [-0.2, 0) is 7.05 Å². The monoisotopic (exact) mass is 235 g/mol. The van der Waals surface area contributed by atoms with E-state index in [1.54, 1.807) is 48.3 Å². The summed E-state index contributed by atoms with van der Waals surface area (Å²) in [4.78, 5) is 15.8. The first kappa shape index (κ1) is 10.7. The molecule has 0 spiro atoms. The van der Waals surface area contributed by atoms with E-state index in [2.05, 4.69) is 10.3 Å². The highest BCUT2D eigenvalue weighted by Gasteiger charge is 2.08. The molecule has 1 aromatic carbocycles. The van der Waals surface area contributed by atoms with Gasteiger partial charge < -0.3 is 4.57 Å². The van der Waals surface area contributed by atoms with Crippen molar-refractivity contribution in [1.29, 1.82) is 0 Å². The summed E-state index contributed by atoms with van der Waals surface area (Å²) in [5, 5.41) is 3.22. The Kier molecular flexibility index (Phi) is 2.92. The van der Waals surface area contributed by atoms with Crippen molar-refractivity contribution in [2.75, 3.05) is 5.32 Å². The van der Waals surface area contributed by atoms with E-state index in [4.69, 9.17) is 11.6 Å². The van der Waals surface area contributed by atoms with Gasteiger partial charge in [0.05, 0.1) is 0 Å². The first-order chi connectivity index (χ1) is 7.66. The molecule has 0 radical (unpaired) electrons. The third-order valence-electron chi connectivity index (χ3n) is 2.13. The average Bonchev–Trinajstić information content (AvgIpc) is 2.64. The lowest BCUT2D eigenvalue weighted by Gasteiger charge is -2.04. The number of aromatic nitrogens is 2. The van der Waals surface area contributed by atoms with Gasteiger partial charge in [-0.15, -0.1) is 0 Å². The lowest BCUT2D eigenvalue weighted by molar-refractivity contribution is 0.102. The van der Waals surface area contributed by atoms with Gasteiger partial charge >= 0.3 is 0 Å². The molecule has 1 heterocycles. The Morgan fingerprint density at radius 1 is 1.50 bits per heavy atom. The molecule has 1 amide bonds. The Balaban J connectivity index is 2.18. The van der Waals surface area contributed by atoms with Gasteiger partial charge in [0.15, 0.2) is 0 Å². The molecule has 0 atom stereocenters. The maximum atomic E-state index is 11.8. The normalized spacial score (nSPS) is 10.1. The Morgan fingerprint density at radius 2 is 2.31 bits per heavy atom. The summed E-state index contributed by atoms with van der Waals surface area (Å²) >= 11 is 5.80. The number of benzene rings is 1. The topological polar surface area (TPSA) is 46.9 Å². The van der Waals surface area contributed by atoms with Crippen LogP contribution in [0.4, 0.5) is 5.95 Å². The summed E-state index contributed by atoms with van der Waals surface area (Å²) in [6.07, 6.45) is 3.38. The minimum atomic E-state index is -0.225. The molecule has 1 N–H and O–H groups in total. The average molecular weight is 236 g/mol. The van der Waals surface area contributed by atoms with Crippen LogP contribution in [-0.4, -0.2) is 15.5 Å². The van der Waals surface area contributed by atoms with Crippen LogP contribution in [0.1, 0.15) is 10.4 Å². The smallest absolute Gasteiger partial charge is 0.258 e. The van der Waals surface area contributed by atoms with Gasteiger partial charge in [0.25, 0.3) is 5.91 Å². The molecule has 4 nitrogen and oxygen atoms in total. The number of hydrogen-bond acceptors (Lipinski definition) is 2. The van der Waals surface area contributed by atoms with Crippen molar-refractivity contribution in [3.05, 3.63) is 47.2 Å². The van der Waals surface area contributed by atoms with E-state index in [0.29, 0.717) is 16.5 Å².